The highest BCUT2D eigenvalue weighted by Gasteiger charge is 2.33. The Bertz CT molecular complexity index is 1570. The van der Waals surface area contributed by atoms with Crippen molar-refractivity contribution >= 4 is 22.8 Å². The van der Waals surface area contributed by atoms with E-state index in [0.29, 0.717) is 22.0 Å². The van der Waals surface area contributed by atoms with Crippen molar-refractivity contribution in [3.8, 4) is 16.9 Å². The maximum absolute atomic E-state index is 13.6. The lowest BCUT2D eigenvalue weighted by Gasteiger charge is -2.28. The molecule has 2 heterocycles. The van der Waals surface area contributed by atoms with E-state index in [1.165, 1.54) is 6.20 Å². The number of hydrogen-bond donors (Lipinski definition) is 2. The predicted octanol–water partition coefficient (Wildman–Crippen LogP) is 4.92. The van der Waals surface area contributed by atoms with Crippen LogP contribution in [0.1, 0.15) is 50.7 Å². The summed E-state index contributed by atoms with van der Waals surface area (Å²) in [6.07, 6.45) is 1.42. The molecule has 2 aromatic heterocycles. The Morgan fingerprint density at radius 3 is 2.21 bits per heavy atom. The smallest absolute Gasteiger partial charge is 0.313 e. The first-order chi connectivity index (χ1) is 18.4. The molecular formula is C31H33N3O5. The molecule has 1 amide bonds. The van der Waals surface area contributed by atoms with Crippen LogP contribution in [-0.4, -0.2) is 38.7 Å². The van der Waals surface area contributed by atoms with Gasteiger partial charge in [0, 0.05) is 17.5 Å². The van der Waals surface area contributed by atoms with Gasteiger partial charge in [-0.2, -0.15) is 0 Å². The summed E-state index contributed by atoms with van der Waals surface area (Å²) >= 11 is 0. The van der Waals surface area contributed by atoms with Crippen LogP contribution in [0.2, 0.25) is 0 Å². The minimum absolute atomic E-state index is 0.0251. The number of esters is 1. The molecule has 0 fully saturated rings. The van der Waals surface area contributed by atoms with Gasteiger partial charge in [0.05, 0.1) is 23.7 Å². The average molecular weight is 528 g/mol. The van der Waals surface area contributed by atoms with Gasteiger partial charge in [0.2, 0.25) is 0 Å². The number of amides is 1. The number of ether oxygens (including phenoxy) is 1. The van der Waals surface area contributed by atoms with Crippen molar-refractivity contribution in [1.29, 1.82) is 0 Å². The van der Waals surface area contributed by atoms with Gasteiger partial charge in [0.25, 0.3) is 11.5 Å². The fourth-order valence-corrected chi connectivity index (χ4v) is 4.11. The van der Waals surface area contributed by atoms with Crippen LogP contribution in [0, 0.1) is 5.41 Å². The van der Waals surface area contributed by atoms with Crippen LogP contribution in [0.25, 0.3) is 22.0 Å². The molecule has 4 aromatic rings. The summed E-state index contributed by atoms with van der Waals surface area (Å²) in [6.45, 7) is 8.90. The molecule has 8 nitrogen and oxygen atoms in total. The van der Waals surface area contributed by atoms with Crippen LogP contribution >= 0.6 is 0 Å². The second-order valence-corrected chi connectivity index (χ2v) is 11.1. The van der Waals surface area contributed by atoms with Crippen LogP contribution in [0.3, 0.4) is 0 Å². The molecule has 0 spiro atoms. The summed E-state index contributed by atoms with van der Waals surface area (Å²) in [7, 11) is 0. The van der Waals surface area contributed by atoms with Crippen LogP contribution in [0.5, 0.6) is 5.75 Å². The lowest BCUT2D eigenvalue weighted by atomic mass is 9.93. The van der Waals surface area contributed by atoms with Gasteiger partial charge >= 0.3 is 5.97 Å². The second-order valence-electron chi connectivity index (χ2n) is 11.1. The number of benzene rings is 2. The zero-order chi connectivity index (χ0) is 28.4. The van der Waals surface area contributed by atoms with Gasteiger partial charge in [-0.25, -0.2) is 4.98 Å². The third-order valence-electron chi connectivity index (χ3n) is 6.25. The Labute approximate surface area is 227 Å². The van der Waals surface area contributed by atoms with E-state index < -0.39 is 22.9 Å². The molecule has 0 aliphatic rings. The maximum atomic E-state index is 13.6. The largest absolute Gasteiger partial charge is 0.505 e. The molecule has 2 aromatic carbocycles. The number of carbonyl (C=O) groups is 2. The minimum atomic E-state index is -1.01. The van der Waals surface area contributed by atoms with Crippen LogP contribution in [0.15, 0.2) is 77.7 Å². The molecule has 0 unspecified atom stereocenters. The van der Waals surface area contributed by atoms with Crippen molar-refractivity contribution in [3.63, 3.8) is 0 Å². The summed E-state index contributed by atoms with van der Waals surface area (Å²) in [5.41, 5.74) is 0.254. The summed E-state index contributed by atoms with van der Waals surface area (Å²) in [5.74, 6) is -1.45. The molecule has 4 rings (SSSR count). The van der Waals surface area contributed by atoms with Gasteiger partial charge in [-0.1, -0.05) is 60.7 Å². The average Bonchev–Trinajstić information content (AvgIpc) is 2.89. The lowest BCUT2D eigenvalue weighted by Crippen LogP contribution is -2.42. The Kier molecular flexibility index (Phi) is 7.58. The Morgan fingerprint density at radius 1 is 0.974 bits per heavy atom. The van der Waals surface area contributed by atoms with Crippen LogP contribution < -0.4 is 10.9 Å². The van der Waals surface area contributed by atoms with Gasteiger partial charge < -0.3 is 19.7 Å². The number of nitrogens with one attached hydrogen (secondary N) is 1. The Hall–Kier alpha value is -4.46. The first kappa shape index (κ1) is 27.6. The Morgan fingerprint density at radius 2 is 1.59 bits per heavy atom. The van der Waals surface area contributed by atoms with Crippen molar-refractivity contribution in [3.05, 3.63) is 94.5 Å². The standard InChI is InChI=1S/C31H33N3O5/c1-30(2,3)39-29(38)31(4,5)19-33-27(36)25-26(35)23-16-22(21-14-10-7-11-15-21)28(37)34(24(23)17-32-25)18-20-12-8-6-9-13-20/h6-17,35H,18-19H2,1-5H3,(H,33,36). The molecule has 0 bridgehead atoms. The van der Waals surface area contributed by atoms with Crippen LogP contribution in [-0.2, 0) is 16.1 Å². The first-order valence-corrected chi connectivity index (χ1v) is 12.7. The van der Waals surface area contributed by atoms with Gasteiger partial charge in [-0.05, 0) is 51.8 Å². The maximum Gasteiger partial charge on any atom is 0.313 e. The van der Waals surface area contributed by atoms with Crippen molar-refractivity contribution in [2.45, 2.75) is 46.8 Å². The fraction of sp³-hybridized carbons (Fsp3) is 0.290. The monoisotopic (exact) mass is 527 g/mol. The van der Waals surface area contributed by atoms with Crippen LogP contribution in [0.4, 0.5) is 0 Å². The van der Waals surface area contributed by atoms with E-state index >= 15 is 0 Å². The molecule has 0 saturated carbocycles. The van der Waals surface area contributed by atoms with Gasteiger partial charge in [0.15, 0.2) is 11.4 Å². The number of aromatic nitrogens is 2. The summed E-state index contributed by atoms with van der Waals surface area (Å²) < 4.78 is 7.01. The fourth-order valence-electron chi connectivity index (χ4n) is 4.11. The number of hydrogen-bond acceptors (Lipinski definition) is 6. The number of fused-ring (bicyclic) bond motifs is 1. The number of aromatic hydroxyl groups is 1. The van der Waals surface area contributed by atoms with E-state index in [1.54, 1.807) is 45.3 Å². The van der Waals surface area contributed by atoms with Crippen molar-refractivity contribution in [2.24, 2.45) is 5.41 Å². The highest BCUT2D eigenvalue weighted by atomic mass is 16.6. The lowest BCUT2D eigenvalue weighted by molar-refractivity contribution is -0.165. The summed E-state index contributed by atoms with van der Waals surface area (Å²) in [5, 5.41) is 14.2. The molecule has 0 aliphatic heterocycles. The zero-order valence-corrected chi connectivity index (χ0v) is 22.8. The number of carbonyl (C=O) groups excluding carboxylic acids is 2. The third kappa shape index (κ3) is 6.17. The van der Waals surface area contributed by atoms with E-state index in [1.807, 2.05) is 60.7 Å². The predicted molar refractivity (Wildman–Crippen MR) is 151 cm³/mol. The summed E-state index contributed by atoms with van der Waals surface area (Å²) in [4.78, 5) is 43.5. The topological polar surface area (TPSA) is 111 Å². The zero-order valence-electron chi connectivity index (χ0n) is 22.8. The SMILES string of the molecule is CC(C)(C)OC(=O)C(C)(C)CNC(=O)c1ncc2c(cc(-c3ccccc3)c(=O)n2Cc2ccccc2)c1O. The molecule has 0 aliphatic carbocycles. The van der Waals surface area contributed by atoms with Gasteiger partial charge in [0.1, 0.15) is 5.60 Å². The molecule has 0 atom stereocenters. The molecule has 2 N–H and O–H groups in total. The minimum Gasteiger partial charge on any atom is -0.505 e. The molecule has 39 heavy (non-hydrogen) atoms. The molecule has 202 valence electrons. The van der Waals surface area contributed by atoms with E-state index in [9.17, 15) is 19.5 Å². The highest BCUT2D eigenvalue weighted by molar-refractivity contribution is 6.01. The molecule has 0 radical (unpaired) electrons. The Balaban J connectivity index is 1.74. The number of nitrogens with zero attached hydrogens (tertiary/aromatic N) is 2. The van der Waals surface area contributed by atoms with Gasteiger partial charge in [-0.15, -0.1) is 0 Å². The quantitative estimate of drug-likeness (QED) is 0.330. The van der Waals surface area contributed by atoms with E-state index in [4.69, 9.17) is 4.74 Å². The van der Waals surface area contributed by atoms with E-state index in [2.05, 4.69) is 10.3 Å². The molecular weight excluding hydrogens is 494 g/mol. The van der Waals surface area contributed by atoms with Crippen molar-refractivity contribution in [2.75, 3.05) is 6.54 Å². The second kappa shape index (κ2) is 10.7. The normalized spacial score (nSPS) is 11.8. The molecule has 0 saturated heterocycles. The highest BCUT2D eigenvalue weighted by Crippen LogP contribution is 2.30. The summed E-state index contributed by atoms with van der Waals surface area (Å²) in [6, 6.07) is 20.2. The van der Waals surface area contributed by atoms with E-state index in [0.717, 1.165) is 5.56 Å². The van der Waals surface area contributed by atoms with E-state index in [-0.39, 0.29) is 30.1 Å². The first-order valence-electron chi connectivity index (χ1n) is 12.7. The van der Waals surface area contributed by atoms with Crippen molar-refractivity contribution in [1.82, 2.24) is 14.9 Å². The number of pyridine rings is 2. The molecule has 8 heteroatoms. The van der Waals surface area contributed by atoms with Crippen molar-refractivity contribution < 1.29 is 19.4 Å². The number of rotatable bonds is 7. The third-order valence-corrected chi connectivity index (χ3v) is 6.25. The van der Waals surface area contributed by atoms with Gasteiger partial charge in [-0.3, -0.25) is 14.4 Å².